The highest BCUT2D eigenvalue weighted by Gasteiger charge is 2.60. The Bertz CT molecular complexity index is 666. The molecule has 4 saturated carbocycles. The van der Waals surface area contributed by atoms with Gasteiger partial charge in [-0.3, -0.25) is 4.79 Å². The van der Waals surface area contributed by atoms with Crippen LogP contribution >= 0.6 is 0 Å². The maximum atomic E-state index is 11.5. The monoisotopic (exact) mass is 414 g/mol. The van der Waals surface area contributed by atoms with Gasteiger partial charge in [-0.15, -0.1) is 0 Å². The van der Waals surface area contributed by atoms with E-state index < -0.39 is 0 Å². The molecule has 170 valence electrons. The Morgan fingerprint density at radius 1 is 0.900 bits per heavy atom. The van der Waals surface area contributed by atoms with Gasteiger partial charge < -0.3 is 4.74 Å². The van der Waals surface area contributed by atoms with Crippen LogP contribution in [0.5, 0.6) is 0 Å². The second-order valence-corrected chi connectivity index (χ2v) is 12.4. The molecule has 0 aromatic heterocycles. The fourth-order valence-corrected chi connectivity index (χ4v) is 9.00. The first-order chi connectivity index (χ1) is 14.1. The summed E-state index contributed by atoms with van der Waals surface area (Å²) in [4.78, 5) is 11.5. The Morgan fingerprint density at radius 3 is 2.30 bits per heavy atom. The van der Waals surface area contributed by atoms with E-state index in [1.54, 1.807) is 6.92 Å². The minimum atomic E-state index is -0.0941. The summed E-state index contributed by atoms with van der Waals surface area (Å²) in [6.45, 7) is 13.9. The molecule has 0 aliphatic heterocycles. The van der Waals surface area contributed by atoms with Crippen LogP contribution in [0.4, 0.5) is 0 Å². The number of hydrogen-bond acceptors (Lipinski definition) is 2. The topological polar surface area (TPSA) is 26.3 Å². The maximum Gasteiger partial charge on any atom is 0.302 e. The molecule has 4 rings (SSSR count). The van der Waals surface area contributed by atoms with Crippen LogP contribution in [0.1, 0.15) is 99.3 Å². The molecule has 0 amide bonds. The summed E-state index contributed by atoms with van der Waals surface area (Å²) in [5.41, 5.74) is 1.02. The van der Waals surface area contributed by atoms with Crippen LogP contribution in [0.2, 0.25) is 0 Å². The third-order valence-corrected chi connectivity index (χ3v) is 10.5. The SMILES string of the molecule is CC(=O)O[C@H]1CC[C@@]2(C)[C@@H](CC[C@@H]3[C@@H]2CC[C@]2(C)[C@@H]([C@H](C)/C=C\C(C)C)CC[C@@H]32)C1. The first-order valence-electron chi connectivity index (χ1n) is 13.0. The number of fused-ring (bicyclic) bond motifs is 5. The van der Waals surface area contributed by atoms with Crippen LogP contribution in [0, 0.1) is 52.3 Å². The van der Waals surface area contributed by atoms with Crippen LogP contribution < -0.4 is 0 Å². The number of hydrogen-bond donors (Lipinski definition) is 0. The quantitative estimate of drug-likeness (QED) is 0.353. The summed E-state index contributed by atoms with van der Waals surface area (Å²) in [7, 11) is 0. The summed E-state index contributed by atoms with van der Waals surface area (Å²) in [5, 5.41) is 0. The summed E-state index contributed by atoms with van der Waals surface area (Å²) in [5.74, 6) is 5.66. The number of ether oxygens (including phenoxy) is 1. The molecular formula is C28H46O2. The van der Waals surface area contributed by atoms with Crippen molar-refractivity contribution in [2.45, 2.75) is 105 Å². The lowest BCUT2D eigenvalue weighted by Crippen LogP contribution is -2.54. The van der Waals surface area contributed by atoms with Crippen LogP contribution in [0.25, 0.3) is 0 Å². The zero-order valence-corrected chi connectivity index (χ0v) is 20.5. The van der Waals surface area contributed by atoms with Gasteiger partial charge in [-0.2, -0.15) is 0 Å². The van der Waals surface area contributed by atoms with Gasteiger partial charge in [0, 0.05) is 6.92 Å². The van der Waals surface area contributed by atoms with E-state index >= 15 is 0 Å². The van der Waals surface area contributed by atoms with Crippen molar-refractivity contribution in [3.63, 3.8) is 0 Å². The van der Waals surface area contributed by atoms with E-state index in [-0.39, 0.29) is 12.1 Å². The number of rotatable bonds is 4. The van der Waals surface area contributed by atoms with Gasteiger partial charge in [0.2, 0.25) is 0 Å². The van der Waals surface area contributed by atoms with E-state index in [0.29, 0.717) is 22.7 Å². The Kier molecular flexibility index (Phi) is 6.19. The lowest BCUT2D eigenvalue weighted by molar-refractivity contribution is -0.160. The van der Waals surface area contributed by atoms with Crippen molar-refractivity contribution in [2.75, 3.05) is 0 Å². The van der Waals surface area contributed by atoms with Crippen molar-refractivity contribution < 1.29 is 9.53 Å². The fraction of sp³-hybridized carbons (Fsp3) is 0.893. The second-order valence-electron chi connectivity index (χ2n) is 12.4. The molecule has 0 heterocycles. The molecule has 2 nitrogen and oxygen atoms in total. The Morgan fingerprint density at radius 2 is 1.60 bits per heavy atom. The summed E-state index contributed by atoms with van der Waals surface area (Å²) in [6.07, 6.45) is 17.1. The second kappa shape index (κ2) is 8.28. The van der Waals surface area contributed by atoms with Gasteiger partial charge >= 0.3 is 5.97 Å². The van der Waals surface area contributed by atoms with Gasteiger partial charge in [-0.25, -0.2) is 0 Å². The van der Waals surface area contributed by atoms with E-state index in [2.05, 4.69) is 46.8 Å². The summed E-state index contributed by atoms with van der Waals surface area (Å²) >= 11 is 0. The number of carbonyl (C=O) groups is 1. The molecule has 9 atom stereocenters. The third-order valence-electron chi connectivity index (χ3n) is 10.5. The van der Waals surface area contributed by atoms with E-state index in [1.807, 2.05) is 0 Å². The average molecular weight is 415 g/mol. The van der Waals surface area contributed by atoms with Gasteiger partial charge in [0.25, 0.3) is 0 Å². The predicted octanol–water partition coefficient (Wildman–Crippen LogP) is 7.43. The number of allylic oxidation sites excluding steroid dienone is 2. The fourth-order valence-electron chi connectivity index (χ4n) is 9.00. The minimum absolute atomic E-state index is 0.0941. The minimum Gasteiger partial charge on any atom is -0.463 e. The number of esters is 1. The zero-order valence-electron chi connectivity index (χ0n) is 20.5. The van der Waals surface area contributed by atoms with Crippen LogP contribution in [0.15, 0.2) is 12.2 Å². The molecule has 30 heavy (non-hydrogen) atoms. The maximum absolute atomic E-state index is 11.5. The van der Waals surface area contributed by atoms with Crippen molar-refractivity contribution >= 4 is 5.97 Å². The standard InChI is InChI=1S/C28H46O2/c1-18(2)7-8-19(3)24-11-12-25-23-10-9-21-17-22(30-20(4)29)13-15-27(21,5)26(23)14-16-28(24,25)6/h7-8,18-19,21-26H,9-17H2,1-6H3/b8-7-/t19-,21+,22+,23+,24-,25+,26+,27+,28-/m1/s1. The van der Waals surface area contributed by atoms with Crippen molar-refractivity contribution in [1.29, 1.82) is 0 Å². The van der Waals surface area contributed by atoms with E-state index in [4.69, 9.17) is 4.74 Å². The molecule has 4 aliphatic rings. The van der Waals surface area contributed by atoms with E-state index in [9.17, 15) is 4.79 Å². The summed E-state index contributed by atoms with van der Waals surface area (Å²) in [6, 6.07) is 0. The lowest BCUT2D eigenvalue weighted by Gasteiger charge is -2.61. The normalized spacial score (nSPS) is 46.9. The molecule has 0 unspecified atom stereocenters. The highest BCUT2D eigenvalue weighted by Crippen LogP contribution is 2.68. The molecule has 4 aliphatic carbocycles. The molecule has 0 radical (unpaired) electrons. The molecule has 2 heteroatoms. The molecule has 0 spiro atoms. The lowest BCUT2D eigenvalue weighted by atomic mass is 9.44. The highest BCUT2D eigenvalue weighted by molar-refractivity contribution is 5.66. The predicted molar refractivity (Wildman–Crippen MR) is 124 cm³/mol. The van der Waals surface area contributed by atoms with Crippen LogP contribution in [-0.2, 0) is 9.53 Å². The number of carbonyl (C=O) groups excluding carboxylic acids is 1. The van der Waals surface area contributed by atoms with Gasteiger partial charge in [-0.05, 0) is 110 Å². The molecule has 0 saturated heterocycles. The highest BCUT2D eigenvalue weighted by atomic mass is 16.5. The van der Waals surface area contributed by atoms with Crippen molar-refractivity contribution in [1.82, 2.24) is 0 Å². The molecule has 0 aromatic carbocycles. The smallest absolute Gasteiger partial charge is 0.302 e. The molecule has 0 aromatic rings. The van der Waals surface area contributed by atoms with Gasteiger partial charge in [0.05, 0.1) is 0 Å². The largest absolute Gasteiger partial charge is 0.463 e. The Balaban J connectivity index is 1.49. The van der Waals surface area contributed by atoms with Crippen LogP contribution in [0.3, 0.4) is 0 Å². The van der Waals surface area contributed by atoms with Crippen molar-refractivity contribution in [3.8, 4) is 0 Å². The van der Waals surface area contributed by atoms with Crippen molar-refractivity contribution in [2.24, 2.45) is 52.3 Å². The molecule has 0 bridgehead atoms. The first kappa shape index (κ1) is 22.4. The molecule has 0 N–H and O–H groups in total. The average Bonchev–Trinajstić information content (AvgIpc) is 3.03. The van der Waals surface area contributed by atoms with E-state index in [1.165, 1.54) is 44.9 Å². The van der Waals surface area contributed by atoms with Gasteiger partial charge in [-0.1, -0.05) is 46.8 Å². The Labute approximate surface area is 185 Å². The van der Waals surface area contributed by atoms with Gasteiger partial charge in [0.1, 0.15) is 6.10 Å². The Hall–Kier alpha value is -0.790. The molecular weight excluding hydrogens is 368 g/mol. The first-order valence-corrected chi connectivity index (χ1v) is 13.0. The summed E-state index contributed by atoms with van der Waals surface area (Å²) < 4.78 is 5.64. The van der Waals surface area contributed by atoms with Gasteiger partial charge in [0.15, 0.2) is 0 Å². The van der Waals surface area contributed by atoms with Crippen LogP contribution in [-0.4, -0.2) is 12.1 Å². The molecule has 4 fully saturated rings. The van der Waals surface area contributed by atoms with Crippen molar-refractivity contribution in [3.05, 3.63) is 12.2 Å². The van der Waals surface area contributed by atoms with E-state index in [0.717, 1.165) is 42.4 Å². The zero-order chi connectivity index (χ0) is 21.7. The third kappa shape index (κ3) is 3.79.